The highest BCUT2D eigenvalue weighted by Crippen LogP contribution is 2.13. The van der Waals surface area contributed by atoms with Gasteiger partial charge < -0.3 is 14.2 Å². The van der Waals surface area contributed by atoms with E-state index in [1.807, 2.05) is 0 Å². The summed E-state index contributed by atoms with van der Waals surface area (Å²) in [4.78, 5) is 25.5. The molecule has 0 bridgehead atoms. The number of carbonyl (C=O) groups excluding carboxylic acids is 2. The topological polar surface area (TPSA) is 61.8 Å². The summed E-state index contributed by atoms with van der Waals surface area (Å²) in [7, 11) is 0. The molecule has 0 fully saturated rings. The minimum atomic E-state index is -0.582. The minimum absolute atomic E-state index is 0.0488. The van der Waals surface area contributed by atoms with Crippen molar-refractivity contribution in [3.63, 3.8) is 0 Å². The summed E-state index contributed by atoms with van der Waals surface area (Å²) in [5.41, 5.74) is 0. The molecule has 0 aromatic carbocycles. The van der Waals surface area contributed by atoms with E-state index in [0.29, 0.717) is 19.4 Å². The molecule has 1 atom stereocenters. The Morgan fingerprint density at radius 2 is 0.662 bits per heavy atom. The van der Waals surface area contributed by atoms with E-state index in [-0.39, 0.29) is 25.2 Å². The van der Waals surface area contributed by atoms with Crippen LogP contribution in [0.1, 0.15) is 239 Å². The Labute approximate surface area is 420 Å². The second-order valence-electron chi connectivity index (χ2n) is 18.1. The van der Waals surface area contributed by atoms with E-state index in [1.54, 1.807) is 0 Å². The Balaban J connectivity index is 4.41. The van der Waals surface area contributed by atoms with E-state index < -0.39 is 6.10 Å². The van der Waals surface area contributed by atoms with Crippen LogP contribution in [0.5, 0.6) is 0 Å². The summed E-state index contributed by atoms with van der Waals surface area (Å²) < 4.78 is 17.4. The molecule has 0 rings (SSSR count). The number of unbranched alkanes of at least 4 members (excludes halogenated alkanes) is 19. The van der Waals surface area contributed by atoms with E-state index in [1.165, 1.54) is 83.5 Å². The van der Waals surface area contributed by atoms with Crippen LogP contribution in [0.4, 0.5) is 0 Å². The molecule has 0 amide bonds. The lowest BCUT2D eigenvalue weighted by Crippen LogP contribution is -2.30. The Morgan fingerprint density at radius 3 is 1.10 bits per heavy atom. The summed E-state index contributed by atoms with van der Waals surface area (Å²) >= 11 is 0. The van der Waals surface area contributed by atoms with Crippen LogP contribution < -0.4 is 0 Å². The maximum atomic E-state index is 12.8. The lowest BCUT2D eigenvalue weighted by molar-refractivity contribution is -0.163. The van der Waals surface area contributed by atoms with E-state index in [2.05, 4.69) is 142 Å². The molecule has 0 heterocycles. The van der Waals surface area contributed by atoms with Crippen molar-refractivity contribution >= 4 is 11.9 Å². The number of esters is 2. The standard InChI is InChI=1S/C63H104O5/c1-4-7-10-13-16-19-22-25-28-30-31-32-34-37-40-43-46-49-52-55-58-66-59-61(68-63(65)57-54-51-48-45-42-39-35-27-24-21-18-15-12-9-6-3)60-67-62(64)56-53-50-47-44-41-38-36-33-29-26-23-20-17-14-11-8-5-2/h7,9-10,12,16,18-19,21,25-29,31-32,35,37,40,42,45,61H,4-6,8,11,13-15,17,20,22-24,30,33-34,36,38-39,41,43-44,46-60H2,1-3H3/b10-7-,12-9-,19-16-,21-18-,28-25-,29-26-,32-31-,35-27-,40-37-,45-42-. The second-order valence-corrected chi connectivity index (χ2v) is 18.1. The molecule has 386 valence electrons. The number of rotatable bonds is 50. The SMILES string of the molecule is CC/C=C\C/C=C\C/C=C\C/C=C\C/C=C\CCCCCCOCC(COC(=O)CCCCCCCCC/C=C\CCCCCCCC)OC(=O)CCCC/C=C\C/C=C\C/C=C\C/C=C\CC. The van der Waals surface area contributed by atoms with Gasteiger partial charge in [-0.05, 0) is 128 Å². The Bertz CT molecular complexity index is 1390. The van der Waals surface area contributed by atoms with Crippen molar-refractivity contribution in [3.05, 3.63) is 122 Å². The quantitative estimate of drug-likeness (QED) is 0.0345. The van der Waals surface area contributed by atoms with Crippen molar-refractivity contribution in [1.29, 1.82) is 0 Å². The summed E-state index contributed by atoms with van der Waals surface area (Å²) in [6.45, 7) is 7.49. The summed E-state index contributed by atoms with van der Waals surface area (Å²) in [6.07, 6.45) is 80.8. The highest BCUT2D eigenvalue weighted by molar-refractivity contribution is 5.70. The molecule has 0 radical (unpaired) electrons. The van der Waals surface area contributed by atoms with E-state index >= 15 is 0 Å². The molecule has 0 saturated carbocycles. The third kappa shape index (κ3) is 54.9. The van der Waals surface area contributed by atoms with E-state index in [4.69, 9.17) is 14.2 Å². The van der Waals surface area contributed by atoms with E-state index in [9.17, 15) is 9.59 Å². The molecule has 5 nitrogen and oxygen atoms in total. The lowest BCUT2D eigenvalue weighted by Gasteiger charge is -2.18. The molecule has 1 unspecified atom stereocenters. The normalized spacial score (nSPS) is 13.2. The van der Waals surface area contributed by atoms with Gasteiger partial charge in [-0.1, -0.05) is 219 Å². The average Bonchev–Trinajstić information content (AvgIpc) is 3.34. The van der Waals surface area contributed by atoms with Gasteiger partial charge in [-0.2, -0.15) is 0 Å². The molecular formula is C63H104O5. The van der Waals surface area contributed by atoms with Crippen LogP contribution in [0.3, 0.4) is 0 Å². The molecule has 0 aromatic rings. The monoisotopic (exact) mass is 941 g/mol. The molecule has 0 aromatic heterocycles. The number of carbonyl (C=O) groups is 2. The Kier molecular flexibility index (Phi) is 54.5. The van der Waals surface area contributed by atoms with Crippen LogP contribution in [0, 0.1) is 0 Å². The first kappa shape index (κ1) is 64.3. The van der Waals surface area contributed by atoms with Crippen molar-refractivity contribution in [3.8, 4) is 0 Å². The zero-order valence-electron chi connectivity index (χ0n) is 44.3. The first-order valence-electron chi connectivity index (χ1n) is 28.1. The van der Waals surface area contributed by atoms with Crippen LogP contribution in [0.2, 0.25) is 0 Å². The zero-order valence-corrected chi connectivity index (χ0v) is 44.3. The molecule has 0 spiro atoms. The van der Waals surface area contributed by atoms with Crippen molar-refractivity contribution in [2.75, 3.05) is 19.8 Å². The lowest BCUT2D eigenvalue weighted by atomic mass is 10.1. The molecule has 0 N–H and O–H groups in total. The zero-order chi connectivity index (χ0) is 49.2. The predicted octanol–water partition coefficient (Wildman–Crippen LogP) is 19.3. The van der Waals surface area contributed by atoms with Gasteiger partial charge in [0.05, 0.1) is 6.61 Å². The van der Waals surface area contributed by atoms with Crippen LogP contribution in [0.25, 0.3) is 0 Å². The number of hydrogen-bond donors (Lipinski definition) is 0. The maximum absolute atomic E-state index is 12.8. The highest BCUT2D eigenvalue weighted by Gasteiger charge is 2.17. The van der Waals surface area contributed by atoms with Crippen molar-refractivity contribution < 1.29 is 23.8 Å². The number of allylic oxidation sites excluding steroid dienone is 20. The van der Waals surface area contributed by atoms with Crippen molar-refractivity contribution in [2.24, 2.45) is 0 Å². The maximum Gasteiger partial charge on any atom is 0.306 e. The second kappa shape index (κ2) is 57.6. The van der Waals surface area contributed by atoms with Gasteiger partial charge in [0.2, 0.25) is 0 Å². The molecule has 5 heteroatoms. The molecule has 0 aliphatic rings. The van der Waals surface area contributed by atoms with Gasteiger partial charge in [-0.3, -0.25) is 9.59 Å². The van der Waals surface area contributed by atoms with Gasteiger partial charge in [0.15, 0.2) is 6.10 Å². The molecule has 0 aliphatic heterocycles. The molecule has 68 heavy (non-hydrogen) atoms. The smallest absolute Gasteiger partial charge is 0.306 e. The van der Waals surface area contributed by atoms with Crippen LogP contribution in [-0.4, -0.2) is 37.9 Å². The van der Waals surface area contributed by atoms with Crippen molar-refractivity contribution in [2.45, 2.75) is 245 Å². The fourth-order valence-electron chi connectivity index (χ4n) is 7.34. The fourth-order valence-corrected chi connectivity index (χ4v) is 7.34. The third-order valence-electron chi connectivity index (χ3n) is 11.5. The van der Waals surface area contributed by atoms with Gasteiger partial charge >= 0.3 is 11.9 Å². The van der Waals surface area contributed by atoms with Crippen LogP contribution >= 0.6 is 0 Å². The Hall–Kier alpha value is -3.70. The van der Waals surface area contributed by atoms with Gasteiger partial charge in [0.1, 0.15) is 6.61 Å². The minimum Gasteiger partial charge on any atom is -0.462 e. The van der Waals surface area contributed by atoms with Crippen LogP contribution in [-0.2, 0) is 23.8 Å². The van der Waals surface area contributed by atoms with Gasteiger partial charge in [-0.25, -0.2) is 0 Å². The van der Waals surface area contributed by atoms with Gasteiger partial charge in [-0.15, -0.1) is 0 Å². The number of ether oxygens (including phenoxy) is 3. The van der Waals surface area contributed by atoms with E-state index in [0.717, 1.165) is 122 Å². The average molecular weight is 942 g/mol. The third-order valence-corrected chi connectivity index (χ3v) is 11.5. The summed E-state index contributed by atoms with van der Waals surface area (Å²) in [5, 5.41) is 0. The Morgan fingerprint density at radius 1 is 0.338 bits per heavy atom. The van der Waals surface area contributed by atoms with Crippen molar-refractivity contribution in [1.82, 2.24) is 0 Å². The highest BCUT2D eigenvalue weighted by atomic mass is 16.6. The first-order chi connectivity index (χ1) is 33.6. The summed E-state index contributed by atoms with van der Waals surface area (Å²) in [6, 6.07) is 0. The molecular weight excluding hydrogens is 837 g/mol. The van der Waals surface area contributed by atoms with Crippen LogP contribution in [0.15, 0.2) is 122 Å². The first-order valence-corrected chi connectivity index (χ1v) is 28.1. The predicted molar refractivity (Wildman–Crippen MR) is 297 cm³/mol. The largest absolute Gasteiger partial charge is 0.462 e. The van der Waals surface area contributed by atoms with Gasteiger partial charge in [0, 0.05) is 19.4 Å². The molecule has 0 aliphatic carbocycles. The summed E-state index contributed by atoms with van der Waals surface area (Å²) in [5.74, 6) is -0.469. The van der Waals surface area contributed by atoms with Gasteiger partial charge in [0.25, 0.3) is 0 Å². The molecule has 0 saturated heterocycles. The number of hydrogen-bond acceptors (Lipinski definition) is 5. The fraction of sp³-hybridized carbons (Fsp3) is 0.651.